The second-order valence-corrected chi connectivity index (χ2v) is 6.40. The van der Waals surface area contributed by atoms with Gasteiger partial charge in [-0.1, -0.05) is 55.5 Å². The van der Waals surface area contributed by atoms with E-state index in [1.807, 2.05) is 37.3 Å². The van der Waals surface area contributed by atoms with Gasteiger partial charge in [-0.05, 0) is 37.5 Å². The van der Waals surface area contributed by atoms with Crippen molar-refractivity contribution in [2.75, 3.05) is 13.2 Å². The van der Waals surface area contributed by atoms with Crippen LogP contribution in [-0.2, 0) is 6.54 Å². The fraction of sp³-hybridized carbons (Fsp3) is 0.429. The normalized spacial score (nSPS) is 13.7. The number of aliphatic hydroxyl groups excluding tert-OH is 1. The van der Waals surface area contributed by atoms with Crippen LogP contribution in [-0.4, -0.2) is 35.3 Å². The average molecular weight is 327 g/mol. The Kier molecular flexibility index (Phi) is 7.29. The summed E-state index contributed by atoms with van der Waals surface area (Å²) in [7, 11) is 0. The SMILES string of the molecule is CC[C@H](C)N(Cc1ccccc1)C[C@H](O)COc1ccccc1C. The van der Waals surface area contributed by atoms with E-state index in [0.717, 1.165) is 24.3 Å². The number of hydrogen-bond donors (Lipinski definition) is 1. The molecule has 0 radical (unpaired) electrons. The first-order valence-corrected chi connectivity index (χ1v) is 8.74. The molecule has 0 heterocycles. The fourth-order valence-electron chi connectivity index (χ4n) is 2.70. The van der Waals surface area contributed by atoms with E-state index in [1.165, 1.54) is 5.56 Å². The highest BCUT2D eigenvalue weighted by molar-refractivity contribution is 5.31. The van der Waals surface area contributed by atoms with Crippen molar-refractivity contribution in [3.63, 3.8) is 0 Å². The molecule has 2 rings (SSSR count). The van der Waals surface area contributed by atoms with E-state index in [2.05, 4.69) is 43.0 Å². The minimum Gasteiger partial charge on any atom is -0.491 e. The van der Waals surface area contributed by atoms with E-state index in [9.17, 15) is 5.11 Å². The number of ether oxygens (including phenoxy) is 1. The number of rotatable bonds is 9. The third-order valence-electron chi connectivity index (χ3n) is 4.41. The summed E-state index contributed by atoms with van der Waals surface area (Å²) < 4.78 is 5.79. The molecule has 24 heavy (non-hydrogen) atoms. The van der Waals surface area contributed by atoms with Gasteiger partial charge < -0.3 is 9.84 Å². The number of aryl methyl sites for hydroxylation is 1. The van der Waals surface area contributed by atoms with Crippen LogP contribution < -0.4 is 4.74 Å². The lowest BCUT2D eigenvalue weighted by Crippen LogP contribution is -2.40. The monoisotopic (exact) mass is 327 g/mol. The zero-order chi connectivity index (χ0) is 17.4. The molecule has 2 aromatic carbocycles. The van der Waals surface area contributed by atoms with E-state index in [0.29, 0.717) is 19.2 Å². The maximum atomic E-state index is 10.4. The lowest BCUT2D eigenvalue weighted by molar-refractivity contribution is 0.0504. The summed E-state index contributed by atoms with van der Waals surface area (Å²) in [4.78, 5) is 2.32. The molecule has 0 spiro atoms. The first-order chi connectivity index (χ1) is 11.6. The molecule has 2 atom stereocenters. The van der Waals surface area contributed by atoms with Crippen LogP contribution in [0.1, 0.15) is 31.4 Å². The van der Waals surface area contributed by atoms with Gasteiger partial charge in [0, 0.05) is 19.1 Å². The molecule has 1 N–H and O–H groups in total. The molecular formula is C21H29NO2. The minimum absolute atomic E-state index is 0.312. The summed E-state index contributed by atoms with van der Waals surface area (Å²) in [5.41, 5.74) is 2.36. The fourth-order valence-corrected chi connectivity index (χ4v) is 2.70. The Bertz CT molecular complexity index is 600. The van der Waals surface area contributed by atoms with Gasteiger partial charge in [0.05, 0.1) is 0 Å². The van der Waals surface area contributed by atoms with Crippen molar-refractivity contribution in [1.29, 1.82) is 0 Å². The Labute approximate surface area is 145 Å². The van der Waals surface area contributed by atoms with Crippen LogP contribution in [0.3, 0.4) is 0 Å². The predicted molar refractivity (Wildman–Crippen MR) is 99.3 cm³/mol. The van der Waals surface area contributed by atoms with E-state index in [1.54, 1.807) is 0 Å². The molecule has 0 aromatic heterocycles. The van der Waals surface area contributed by atoms with Crippen molar-refractivity contribution < 1.29 is 9.84 Å². The Morgan fingerprint density at radius 2 is 1.71 bits per heavy atom. The summed E-state index contributed by atoms with van der Waals surface area (Å²) in [6.45, 7) is 8.17. The van der Waals surface area contributed by atoms with E-state index < -0.39 is 6.10 Å². The molecule has 0 fully saturated rings. The summed E-state index contributed by atoms with van der Waals surface area (Å²) in [6.07, 6.45) is 0.542. The van der Waals surface area contributed by atoms with E-state index in [4.69, 9.17) is 4.74 Å². The van der Waals surface area contributed by atoms with Gasteiger partial charge in [0.2, 0.25) is 0 Å². The number of benzene rings is 2. The zero-order valence-corrected chi connectivity index (χ0v) is 15.0. The van der Waals surface area contributed by atoms with Crippen LogP contribution in [0, 0.1) is 6.92 Å². The Balaban J connectivity index is 1.92. The second kappa shape index (κ2) is 9.45. The summed E-state index contributed by atoms with van der Waals surface area (Å²) in [6, 6.07) is 18.7. The van der Waals surface area contributed by atoms with E-state index in [-0.39, 0.29) is 0 Å². The number of nitrogens with zero attached hydrogens (tertiary/aromatic N) is 1. The summed E-state index contributed by atoms with van der Waals surface area (Å²) in [5, 5.41) is 10.4. The van der Waals surface area contributed by atoms with Crippen molar-refractivity contribution in [3.8, 4) is 5.75 Å². The maximum absolute atomic E-state index is 10.4. The molecule has 0 aliphatic rings. The van der Waals surface area contributed by atoms with Gasteiger partial charge in [-0.25, -0.2) is 0 Å². The van der Waals surface area contributed by atoms with Crippen LogP contribution in [0.25, 0.3) is 0 Å². The number of aliphatic hydroxyl groups is 1. The zero-order valence-electron chi connectivity index (χ0n) is 15.0. The third-order valence-corrected chi connectivity index (χ3v) is 4.41. The predicted octanol–water partition coefficient (Wildman–Crippen LogP) is 4.04. The molecule has 0 saturated carbocycles. The van der Waals surface area contributed by atoms with Gasteiger partial charge in [0.1, 0.15) is 18.5 Å². The van der Waals surface area contributed by atoms with Gasteiger partial charge in [-0.15, -0.1) is 0 Å². The van der Waals surface area contributed by atoms with Crippen LogP contribution in [0.2, 0.25) is 0 Å². The highest BCUT2D eigenvalue weighted by atomic mass is 16.5. The topological polar surface area (TPSA) is 32.7 Å². The molecule has 130 valence electrons. The van der Waals surface area contributed by atoms with Crippen LogP contribution >= 0.6 is 0 Å². The number of hydrogen-bond acceptors (Lipinski definition) is 3. The largest absolute Gasteiger partial charge is 0.491 e. The highest BCUT2D eigenvalue weighted by Gasteiger charge is 2.17. The quantitative estimate of drug-likeness (QED) is 0.754. The van der Waals surface area contributed by atoms with Gasteiger partial charge in [0.25, 0.3) is 0 Å². The smallest absolute Gasteiger partial charge is 0.122 e. The summed E-state index contributed by atoms with van der Waals surface area (Å²) in [5.74, 6) is 0.842. The van der Waals surface area contributed by atoms with Crippen molar-refractivity contribution in [1.82, 2.24) is 4.90 Å². The Morgan fingerprint density at radius 3 is 2.38 bits per heavy atom. The van der Waals surface area contributed by atoms with Crippen molar-refractivity contribution in [2.24, 2.45) is 0 Å². The standard InChI is InChI=1S/C21H29NO2/c1-4-18(3)22(14-19-11-6-5-7-12-19)15-20(23)16-24-21-13-9-8-10-17(21)2/h5-13,18,20,23H,4,14-16H2,1-3H3/t18-,20-/m0/s1. The van der Waals surface area contributed by atoms with Crippen LogP contribution in [0.4, 0.5) is 0 Å². The molecule has 0 unspecified atom stereocenters. The molecular weight excluding hydrogens is 298 g/mol. The van der Waals surface area contributed by atoms with Crippen molar-refractivity contribution in [2.45, 2.75) is 45.9 Å². The molecule has 0 amide bonds. The molecule has 3 heteroatoms. The average Bonchev–Trinajstić information content (AvgIpc) is 2.60. The first kappa shape index (κ1) is 18.5. The molecule has 0 saturated heterocycles. The van der Waals surface area contributed by atoms with E-state index >= 15 is 0 Å². The third kappa shape index (κ3) is 5.66. The first-order valence-electron chi connectivity index (χ1n) is 8.74. The molecule has 0 bridgehead atoms. The van der Waals surface area contributed by atoms with Crippen molar-refractivity contribution >= 4 is 0 Å². The van der Waals surface area contributed by atoms with Gasteiger partial charge >= 0.3 is 0 Å². The Morgan fingerprint density at radius 1 is 1.04 bits per heavy atom. The van der Waals surface area contributed by atoms with Gasteiger partial charge in [-0.2, -0.15) is 0 Å². The molecule has 2 aromatic rings. The lowest BCUT2D eigenvalue weighted by atomic mass is 10.1. The summed E-state index contributed by atoms with van der Waals surface area (Å²) >= 11 is 0. The van der Waals surface area contributed by atoms with Crippen LogP contribution in [0.5, 0.6) is 5.75 Å². The Hall–Kier alpha value is -1.84. The van der Waals surface area contributed by atoms with Gasteiger partial charge in [-0.3, -0.25) is 4.90 Å². The molecule has 0 aliphatic heterocycles. The van der Waals surface area contributed by atoms with Crippen molar-refractivity contribution in [3.05, 3.63) is 65.7 Å². The molecule has 0 aliphatic carbocycles. The van der Waals surface area contributed by atoms with Crippen LogP contribution in [0.15, 0.2) is 54.6 Å². The minimum atomic E-state index is -0.512. The number of para-hydroxylation sites is 1. The highest BCUT2D eigenvalue weighted by Crippen LogP contribution is 2.17. The van der Waals surface area contributed by atoms with Gasteiger partial charge in [0.15, 0.2) is 0 Å². The lowest BCUT2D eigenvalue weighted by Gasteiger charge is -2.30. The molecule has 3 nitrogen and oxygen atoms in total. The maximum Gasteiger partial charge on any atom is 0.122 e. The second-order valence-electron chi connectivity index (χ2n) is 6.40.